The lowest BCUT2D eigenvalue weighted by Crippen LogP contribution is -2.37. The summed E-state index contributed by atoms with van der Waals surface area (Å²) < 4.78 is 1.86. The van der Waals surface area contributed by atoms with Gasteiger partial charge in [0.25, 0.3) is 0 Å². The molecule has 0 aromatic carbocycles. The topological polar surface area (TPSA) is 63.9 Å². The van der Waals surface area contributed by atoms with E-state index in [4.69, 9.17) is 0 Å². The van der Waals surface area contributed by atoms with Gasteiger partial charge in [-0.2, -0.15) is 0 Å². The molecule has 6 heteroatoms. The zero-order valence-corrected chi connectivity index (χ0v) is 12.1. The molecule has 0 spiro atoms. The predicted octanol–water partition coefficient (Wildman–Crippen LogP) is 1.46. The summed E-state index contributed by atoms with van der Waals surface area (Å²) >= 11 is 0. The Kier molecular flexibility index (Phi) is 3.94. The third-order valence-corrected chi connectivity index (χ3v) is 4.00. The Morgan fingerprint density at radius 3 is 2.76 bits per heavy atom. The van der Waals surface area contributed by atoms with Gasteiger partial charge in [0.15, 0.2) is 5.82 Å². The van der Waals surface area contributed by atoms with Crippen molar-refractivity contribution in [2.45, 2.75) is 26.2 Å². The summed E-state index contributed by atoms with van der Waals surface area (Å²) in [4.78, 5) is 26.2. The molecule has 0 radical (unpaired) electrons. The molecule has 0 saturated carbocycles. The molecule has 3 heterocycles. The Bertz CT molecular complexity index is 602. The fourth-order valence-electron chi connectivity index (χ4n) is 2.76. The number of piperidine rings is 1. The number of hydrogen-bond donors (Lipinski definition) is 0. The monoisotopic (exact) mass is 285 g/mol. The third-order valence-electron chi connectivity index (χ3n) is 4.00. The minimum atomic E-state index is 0.176. The molecule has 0 atom stereocenters. The standard InChI is InChI=1S/C15H19N5O/c1-12(21)19-5-2-13(3-6-19)8-14-9-17-10-15(18-14)20-7-4-16-11-20/h4,7,9-11,13H,2-3,5-6,8H2,1H3. The van der Waals surface area contributed by atoms with Gasteiger partial charge in [0.1, 0.15) is 6.33 Å². The predicted molar refractivity (Wildman–Crippen MR) is 77.8 cm³/mol. The van der Waals surface area contributed by atoms with Gasteiger partial charge in [-0.25, -0.2) is 9.97 Å². The van der Waals surface area contributed by atoms with Crippen LogP contribution in [0.2, 0.25) is 0 Å². The van der Waals surface area contributed by atoms with E-state index in [1.807, 2.05) is 21.9 Å². The van der Waals surface area contributed by atoms with Crippen molar-refractivity contribution in [3.8, 4) is 5.82 Å². The number of imidazole rings is 1. The number of amides is 1. The van der Waals surface area contributed by atoms with E-state index < -0.39 is 0 Å². The van der Waals surface area contributed by atoms with Gasteiger partial charge in [-0.3, -0.25) is 14.3 Å². The molecule has 0 bridgehead atoms. The minimum Gasteiger partial charge on any atom is -0.343 e. The highest BCUT2D eigenvalue weighted by Gasteiger charge is 2.21. The van der Waals surface area contributed by atoms with E-state index in [2.05, 4.69) is 15.0 Å². The van der Waals surface area contributed by atoms with E-state index in [9.17, 15) is 4.79 Å². The molecule has 0 unspecified atom stereocenters. The largest absolute Gasteiger partial charge is 0.343 e. The van der Waals surface area contributed by atoms with Gasteiger partial charge in [0.05, 0.1) is 11.9 Å². The van der Waals surface area contributed by atoms with Gasteiger partial charge < -0.3 is 4.90 Å². The number of carbonyl (C=O) groups is 1. The summed E-state index contributed by atoms with van der Waals surface area (Å²) in [5.74, 6) is 1.55. The second-order valence-corrected chi connectivity index (χ2v) is 5.49. The maximum atomic E-state index is 11.3. The first-order chi connectivity index (χ1) is 10.2. The van der Waals surface area contributed by atoms with E-state index in [0.717, 1.165) is 43.9 Å². The highest BCUT2D eigenvalue weighted by Crippen LogP contribution is 2.21. The molecule has 0 N–H and O–H groups in total. The molecule has 1 fully saturated rings. The highest BCUT2D eigenvalue weighted by molar-refractivity contribution is 5.73. The Labute approximate surface area is 123 Å². The molecule has 2 aromatic heterocycles. The average molecular weight is 285 g/mol. The number of hydrogen-bond acceptors (Lipinski definition) is 4. The molecule has 1 aliphatic heterocycles. The van der Waals surface area contributed by atoms with Crippen LogP contribution in [0, 0.1) is 5.92 Å². The number of carbonyl (C=O) groups excluding carboxylic acids is 1. The minimum absolute atomic E-state index is 0.176. The van der Waals surface area contributed by atoms with Gasteiger partial charge in [-0.1, -0.05) is 0 Å². The van der Waals surface area contributed by atoms with E-state index in [0.29, 0.717) is 5.92 Å². The van der Waals surface area contributed by atoms with Crippen molar-refractivity contribution in [1.29, 1.82) is 0 Å². The fourth-order valence-corrected chi connectivity index (χ4v) is 2.76. The van der Waals surface area contributed by atoms with Gasteiger partial charge in [-0.05, 0) is 25.2 Å². The van der Waals surface area contributed by atoms with Gasteiger partial charge in [0.2, 0.25) is 5.91 Å². The van der Waals surface area contributed by atoms with Crippen LogP contribution < -0.4 is 0 Å². The summed E-state index contributed by atoms with van der Waals surface area (Å²) in [6, 6.07) is 0. The lowest BCUT2D eigenvalue weighted by molar-refractivity contribution is -0.130. The number of nitrogens with zero attached hydrogens (tertiary/aromatic N) is 5. The first-order valence-electron chi connectivity index (χ1n) is 7.27. The molecule has 1 aliphatic rings. The van der Waals surface area contributed by atoms with Crippen molar-refractivity contribution in [3.63, 3.8) is 0 Å². The summed E-state index contributed by atoms with van der Waals surface area (Å²) in [6.07, 6.45) is 11.9. The normalized spacial score (nSPS) is 16.1. The van der Waals surface area contributed by atoms with Crippen molar-refractivity contribution in [3.05, 3.63) is 36.8 Å². The van der Waals surface area contributed by atoms with Crippen molar-refractivity contribution >= 4 is 5.91 Å². The van der Waals surface area contributed by atoms with Crippen LogP contribution in [-0.2, 0) is 11.2 Å². The zero-order chi connectivity index (χ0) is 14.7. The lowest BCUT2D eigenvalue weighted by atomic mass is 9.92. The fraction of sp³-hybridized carbons (Fsp3) is 0.467. The number of rotatable bonds is 3. The van der Waals surface area contributed by atoms with Crippen LogP contribution in [0.25, 0.3) is 5.82 Å². The van der Waals surface area contributed by atoms with Crippen LogP contribution in [0.1, 0.15) is 25.5 Å². The highest BCUT2D eigenvalue weighted by atomic mass is 16.2. The molecule has 1 amide bonds. The van der Waals surface area contributed by atoms with Crippen LogP contribution >= 0.6 is 0 Å². The summed E-state index contributed by atoms with van der Waals surface area (Å²) in [6.45, 7) is 3.35. The van der Waals surface area contributed by atoms with Crippen LogP contribution in [0.4, 0.5) is 0 Å². The number of likely N-dealkylation sites (tertiary alicyclic amines) is 1. The van der Waals surface area contributed by atoms with E-state index >= 15 is 0 Å². The summed E-state index contributed by atoms with van der Waals surface area (Å²) in [5, 5.41) is 0. The molecule has 1 saturated heterocycles. The average Bonchev–Trinajstić information content (AvgIpc) is 3.02. The Balaban J connectivity index is 1.64. The first kappa shape index (κ1) is 13.7. The Morgan fingerprint density at radius 1 is 1.29 bits per heavy atom. The molecule has 2 aromatic rings. The van der Waals surface area contributed by atoms with Gasteiger partial charge in [0, 0.05) is 38.6 Å². The van der Waals surface area contributed by atoms with Gasteiger partial charge >= 0.3 is 0 Å². The summed E-state index contributed by atoms with van der Waals surface area (Å²) in [7, 11) is 0. The quantitative estimate of drug-likeness (QED) is 0.856. The first-order valence-corrected chi connectivity index (χ1v) is 7.27. The van der Waals surface area contributed by atoms with Crippen LogP contribution in [-0.4, -0.2) is 43.4 Å². The number of aromatic nitrogens is 4. The van der Waals surface area contributed by atoms with E-state index in [-0.39, 0.29) is 5.91 Å². The molecular formula is C15H19N5O. The maximum Gasteiger partial charge on any atom is 0.219 e. The maximum absolute atomic E-state index is 11.3. The van der Waals surface area contributed by atoms with Crippen molar-refractivity contribution in [2.75, 3.05) is 13.1 Å². The second-order valence-electron chi connectivity index (χ2n) is 5.49. The van der Waals surface area contributed by atoms with Crippen molar-refractivity contribution in [2.24, 2.45) is 5.92 Å². The lowest BCUT2D eigenvalue weighted by Gasteiger charge is -2.31. The molecule has 0 aliphatic carbocycles. The Hall–Kier alpha value is -2.24. The molecule has 21 heavy (non-hydrogen) atoms. The molecular weight excluding hydrogens is 266 g/mol. The van der Waals surface area contributed by atoms with Crippen molar-refractivity contribution in [1.82, 2.24) is 24.4 Å². The van der Waals surface area contributed by atoms with Crippen LogP contribution in [0.3, 0.4) is 0 Å². The SMILES string of the molecule is CC(=O)N1CCC(Cc2cncc(-n3ccnc3)n2)CC1. The van der Waals surface area contributed by atoms with Crippen molar-refractivity contribution < 1.29 is 4.79 Å². The molecule has 6 nitrogen and oxygen atoms in total. The summed E-state index contributed by atoms with van der Waals surface area (Å²) in [5.41, 5.74) is 1.00. The third kappa shape index (κ3) is 3.26. The van der Waals surface area contributed by atoms with Crippen LogP contribution in [0.5, 0.6) is 0 Å². The Morgan fingerprint density at radius 2 is 2.10 bits per heavy atom. The van der Waals surface area contributed by atoms with E-state index in [1.54, 1.807) is 25.6 Å². The smallest absolute Gasteiger partial charge is 0.219 e. The van der Waals surface area contributed by atoms with Gasteiger partial charge in [-0.15, -0.1) is 0 Å². The van der Waals surface area contributed by atoms with E-state index in [1.165, 1.54) is 0 Å². The molecule has 3 rings (SSSR count). The van der Waals surface area contributed by atoms with Crippen LogP contribution in [0.15, 0.2) is 31.1 Å². The molecule has 110 valence electrons. The zero-order valence-electron chi connectivity index (χ0n) is 12.1. The second kappa shape index (κ2) is 6.03.